The molecule has 0 unspecified atom stereocenters. The Morgan fingerprint density at radius 1 is 0.909 bits per heavy atom. The van der Waals surface area contributed by atoms with Crippen LogP contribution in [0.15, 0.2) is 45.3 Å². The Labute approximate surface area is 141 Å². The molecule has 1 N–H and O–H groups in total. The van der Waals surface area contributed by atoms with E-state index in [1.807, 2.05) is 12.1 Å². The van der Waals surface area contributed by atoms with Crippen LogP contribution in [0.2, 0.25) is 0 Å². The standard InChI is InChI=1S/C19H24BrNO/c20-16-10-8-15(9-11-16)19-13-12-18(22-19)14-21-17-6-4-2-1-3-5-7-17/h8-13,17,21H,1-7,14H2. The monoisotopic (exact) mass is 361 g/mol. The van der Waals surface area contributed by atoms with E-state index in [1.54, 1.807) is 0 Å². The molecule has 1 aliphatic rings. The fraction of sp³-hybridized carbons (Fsp3) is 0.474. The predicted octanol–water partition coefficient (Wildman–Crippen LogP) is 5.91. The van der Waals surface area contributed by atoms with Crippen LogP contribution in [0.3, 0.4) is 0 Å². The molecule has 0 atom stereocenters. The van der Waals surface area contributed by atoms with Gasteiger partial charge in [0.1, 0.15) is 11.5 Å². The van der Waals surface area contributed by atoms with Gasteiger partial charge < -0.3 is 9.73 Å². The van der Waals surface area contributed by atoms with Crippen LogP contribution in [-0.4, -0.2) is 6.04 Å². The van der Waals surface area contributed by atoms with Crippen LogP contribution < -0.4 is 5.32 Å². The van der Waals surface area contributed by atoms with Gasteiger partial charge in [-0.3, -0.25) is 0 Å². The van der Waals surface area contributed by atoms with E-state index >= 15 is 0 Å². The van der Waals surface area contributed by atoms with Crippen LogP contribution in [0.25, 0.3) is 11.3 Å². The number of furan rings is 1. The maximum atomic E-state index is 5.98. The average molecular weight is 362 g/mol. The third-order valence-corrected chi connectivity index (χ3v) is 4.99. The van der Waals surface area contributed by atoms with E-state index in [-0.39, 0.29) is 0 Å². The molecule has 118 valence electrons. The molecule has 3 heteroatoms. The fourth-order valence-electron chi connectivity index (χ4n) is 3.15. The highest BCUT2D eigenvalue weighted by molar-refractivity contribution is 9.10. The molecule has 1 fully saturated rings. The maximum Gasteiger partial charge on any atom is 0.134 e. The average Bonchev–Trinajstić information content (AvgIpc) is 2.96. The molecular formula is C19H24BrNO. The molecule has 1 aromatic heterocycles. The second-order valence-corrected chi connectivity index (χ2v) is 7.11. The molecule has 0 radical (unpaired) electrons. The van der Waals surface area contributed by atoms with Crippen molar-refractivity contribution >= 4 is 15.9 Å². The molecular weight excluding hydrogens is 338 g/mol. The first-order valence-electron chi connectivity index (χ1n) is 8.39. The van der Waals surface area contributed by atoms with Gasteiger partial charge in [0.25, 0.3) is 0 Å². The number of hydrogen-bond acceptors (Lipinski definition) is 2. The van der Waals surface area contributed by atoms with Gasteiger partial charge in [0, 0.05) is 16.1 Å². The van der Waals surface area contributed by atoms with E-state index in [4.69, 9.17) is 4.42 Å². The molecule has 0 spiro atoms. The molecule has 2 aromatic rings. The second-order valence-electron chi connectivity index (χ2n) is 6.20. The number of nitrogens with one attached hydrogen (secondary N) is 1. The quantitative estimate of drug-likeness (QED) is 0.731. The van der Waals surface area contributed by atoms with Crippen LogP contribution in [0, 0.1) is 0 Å². The lowest BCUT2D eigenvalue weighted by atomic mass is 9.97. The van der Waals surface area contributed by atoms with Crippen LogP contribution in [0.5, 0.6) is 0 Å². The van der Waals surface area contributed by atoms with Crippen molar-refractivity contribution in [3.8, 4) is 11.3 Å². The van der Waals surface area contributed by atoms with Crippen LogP contribution in [0.4, 0.5) is 0 Å². The summed E-state index contributed by atoms with van der Waals surface area (Å²) in [7, 11) is 0. The molecule has 3 rings (SSSR count). The maximum absolute atomic E-state index is 5.98. The number of hydrogen-bond donors (Lipinski definition) is 1. The van der Waals surface area contributed by atoms with Gasteiger partial charge >= 0.3 is 0 Å². The van der Waals surface area contributed by atoms with Crippen LogP contribution >= 0.6 is 15.9 Å². The third-order valence-electron chi connectivity index (χ3n) is 4.46. The van der Waals surface area contributed by atoms with Crippen molar-refractivity contribution in [1.82, 2.24) is 5.32 Å². The molecule has 1 aromatic carbocycles. The van der Waals surface area contributed by atoms with Crippen molar-refractivity contribution in [3.05, 3.63) is 46.6 Å². The first-order valence-corrected chi connectivity index (χ1v) is 9.18. The Kier molecular flexibility index (Phi) is 5.74. The zero-order chi connectivity index (χ0) is 15.2. The molecule has 0 aliphatic heterocycles. The van der Waals surface area contributed by atoms with E-state index in [0.29, 0.717) is 6.04 Å². The first-order chi connectivity index (χ1) is 10.8. The van der Waals surface area contributed by atoms with E-state index < -0.39 is 0 Å². The summed E-state index contributed by atoms with van der Waals surface area (Å²) in [6.07, 6.45) is 9.54. The van der Waals surface area contributed by atoms with Crippen molar-refractivity contribution in [2.45, 2.75) is 57.5 Å². The lowest BCUT2D eigenvalue weighted by Gasteiger charge is -2.20. The predicted molar refractivity (Wildman–Crippen MR) is 94.8 cm³/mol. The highest BCUT2D eigenvalue weighted by atomic mass is 79.9. The lowest BCUT2D eigenvalue weighted by Crippen LogP contribution is -2.29. The third kappa shape index (κ3) is 4.47. The zero-order valence-electron chi connectivity index (χ0n) is 13.0. The minimum Gasteiger partial charge on any atom is -0.460 e. The Balaban J connectivity index is 1.56. The van der Waals surface area contributed by atoms with Crippen LogP contribution in [-0.2, 0) is 6.54 Å². The van der Waals surface area contributed by atoms with Gasteiger partial charge in [-0.05, 0) is 37.1 Å². The summed E-state index contributed by atoms with van der Waals surface area (Å²) in [6.45, 7) is 0.835. The summed E-state index contributed by atoms with van der Waals surface area (Å²) in [6, 6.07) is 13.1. The lowest BCUT2D eigenvalue weighted by molar-refractivity contribution is 0.373. The summed E-state index contributed by atoms with van der Waals surface area (Å²) in [5.41, 5.74) is 1.13. The van der Waals surface area contributed by atoms with Gasteiger partial charge in [0.2, 0.25) is 0 Å². The van der Waals surface area contributed by atoms with Crippen molar-refractivity contribution in [2.75, 3.05) is 0 Å². The first kappa shape index (κ1) is 15.8. The largest absolute Gasteiger partial charge is 0.460 e. The van der Waals surface area contributed by atoms with Gasteiger partial charge in [-0.1, -0.05) is 60.2 Å². The Hall–Kier alpha value is -1.06. The fourth-order valence-corrected chi connectivity index (χ4v) is 3.41. The normalized spacial score (nSPS) is 17.1. The highest BCUT2D eigenvalue weighted by Gasteiger charge is 2.12. The van der Waals surface area contributed by atoms with Gasteiger partial charge in [-0.15, -0.1) is 0 Å². The summed E-state index contributed by atoms with van der Waals surface area (Å²) in [4.78, 5) is 0. The second kappa shape index (κ2) is 7.98. The minimum atomic E-state index is 0.654. The molecule has 0 bridgehead atoms. The van der Waals surface area contributed by atoms with Gasteiger partial charge in [-0.2, -0.15) is 0 Å². The highest BCUT2D eigenvalue weighted by Crippen LogP contribution is 2.24. The minimum absolute atomic E-state index is 0.654. The molecule has 2 nitrogen and oxygen atoms in total. The molecule has 1 aliphatic carbocycles. The molecule has 0 saturated heterocycles. The number of halogens is 1. The van der Waals surface area contributed by atoms with E-state index in [9.17, 15) is 0 Å². The van der Waals surface area contributed by atoms with E-state index in [1.165, 1.54) is 44.9 Å². The van der Waals surface area contributed by atoms with Crippen molar-refractivity contribution in [1.29, 1.82) is 0 Å². The Morgan fingerprint density at radius 2 is 1.59 bits per heavy atom. The summed E-state index contributed by atoms with van der Waals surface area (Å²) < 4.78 is 7.07. The van der Waals surface area contributed by atoms with E-state index in [2.05, 4.69) is 45.5 Å². The molecule has 0 amide bonds. The van der Waals surface area contributed by atoms with Gasteiger partial charge in [0.15, 0.2) is 0 Å². The molecule has 1 heterocycles. The number of rotatable bonds is 4. The topological polar surface area (TPSA) is 25.2 Å². The van der Waals surface area contributed by atoms with Crippen molar-refractivity contribution < 1.29 is 4.42 Å². The molecule has 22 heavy (non-hydrogen) atoms. The van der Waals surface area contributed by atoms with Crippen molar-refractivity contribution in [2.24, 2.45) is 0 Å². The Morgan fingerprint density at radius 3 is 2.32 bits per heavy atom. The van der Waals surface area contributed by atoms with Crippen molar-refractivity contribution in [3.63, 3.8) is 0 Å². The Bertz CT molecular complexity index is 567. The SMILES string of the molecule is Brc1ccc(-c2ccc(CNC3CCCCCCC3)o2)cc1. The summed E-state index contributed by atoms with van der Waals surface area (Å²) in [5.74, 6) is 1.97. The van der Waals surface area contributed by atoms with E-state index in [0.717, 1.165) is 28.1 Å². The number of benzene rings is 1. The summed E-state index contributed by atoms with van der Waals surface area (Å²) >= 11 is 3.46. The summed E-state index contributed by atoms with van der Waals surface area (Å²) in [5, 5.41) is 3.68. The van der Waals surface area contributed by atoms with Gasteiger partial charge in [0.05, 0.1) is 6.54 Å². The van der Waals surface area contributed by atoms with Gasteiger partial charge in [-0.25, -0.2) is 0 Å². The smallest absolute Gasteiger partial charge is 0.134 e. The molecule has 1 saturated carbocycles. The zero-order valence-corrected chi connectivity index (χ0v) is 14.6. The van der Waals surface area contributed by atoms with Crippen LogP contribution in [0.1, 0.15) is 50.7 Å².